The summed E-state index contributed by atoms with van der Waals surface area (Å²) in [6.07, 6.45) is 2.85. The molecule has 2 rings (SSSR count). The van der Waals surface area contributed by atoms with Crippen LogP contribution in [0.25, 0.3) is 0 Å². The molecule has 1 amide bonds. The van der Waals surface area contributed by atoms with Gasteiger partial charge in [0.1, 0.15) is 0 Å². The van der Waals surface area contributed by atoms with Crippen molar-refractivity contribution < 1.29 is 4.79 Å². The molecule has 2 aromatic rings. The minimum Gasteiger partial charge on any atom is -0.321 e. The van der Waals surface area contributed by atoms with E-state index in [1.807, 2.05) is 12.1 Å². The highest BCUT2D eigenvalue weighted by Crippen LogP contribution is 2.21. The Kier molecular flexibility index (Phi) is 4.60. The molecule has 106 valence electrons. The highest BCUT2D eigenvalue weighted by atomic mass is 79.9. The summed E-state index contributed by atoms with van der Waals surface area (Å²) in [7, 11) is 1.78. The molecule has 0 saturated carbocycles. The smallest absolute Gasteiger partial charge is 0.277 e. The predicted octanol–water partition coefficient (Wildman–Crippen LogP) is 3.95. The van der Waals surface area contributed by atoms with E-state index < -0.39 is 0 Å². The zero-order valence-corrected chi connectivity index (χ0v) is 13.4. The van der Waals surface area contributed by atoms with E-state index in [-0.39, 0.29) is 5.91 Å². The van der Waals surface area contributed by atoms with Gasteiger partial charge in [-0.2, -0.15) is 5.10 Å². The van der Waals surface area contributed by atoms with Crippen molar-refractivity contribution in [3.63, 3.8) is 0 Å². The van der Waals surface area contributed by atoms with Crippen molar-refractivity contribution in [3.8, 4) is 0 Å². The molecule has 20 heavy (non-hydrogen) atoms. The molecular formula is C15H18BrN3O. The molecule has 1 atom stereocenters. The molecular weight excluding hydrogens is 318 g/mol. The fraction of sp³-hybridized carbons (Fsp3) is 0.333. The highest BCUT2D eigenvalue weighted by Gasteiger charge is 2.14. The highest BCUT2D eigenvalue weighted by molar-refractivity contribution is 9.10. The average molecular weight is 336 g/mol. The lowest BCUT2D eigenvalue weighted by atomic mass is 9.99. The number of benzene rings is 1. The number of anilines is 1. The summed E-state index contributed by atoms with van der Waals surface area (Å²) in [6, 6.07) is 7.96. The van der Waals surface area contributed by atoms with Gasteiger partial charge in [-0.05, 0) is 46.0 Å². The molecule has 5 heteroatoms. The second kappa shape index (κ2) is 6.22. The number of aromatic nitrogens is 2. The molecule has 1 heterocycles. The second-order valence-corrected chi connectivity index (χ2v) is 5.74. The van der Waals surface area contributed by atoms with E-state index in [9.17, 15) is 4.79 Å². The summed E-state index contributed by atoms with van der Waals surface area (Å²) >= 11 is 3.33. The first-order valence-corrected chi connectivity index (χ1v) is 7.41. The van der Waals surface area contributed by atoms with Crippen LogP contribution in [0, 0.1) is 0 Å². The number of carbonyl (C=O) groups is 1. The fourth-order valence-electron chi connectivity index (χ4n) is 1.93. The van der Waals surface area contributed by atoms with Gasteiger partial charge in [0.2, 0.25) is 0 Å². The van der Waals surface area contributed by atoms with E-state index in [4.69, 9.17) is 0 Å². The first-order valence-electron chi connectivity index (χ1n) is 6.61. The molecule has 4 nitrogen and oxygen atoms in total. The third kappa shape index (κ3) is 3.28. The van der Waals surface area contributed by atoms with Crippen LogP contribution in [0.5, 0.6) is 0 Å². The van der Waals surface area contributed by atoms with Crippen molar-refractivity contribution in [3.05, 3.63) is 46.2 Å². The average Bonchev–Trinajstić information content (AvgIpc) is 2.78. The Morgan fingerprint density at radius 1 is 1.40 bits per heavy atom. The maximum atomic E-state index is 12.1. The molecule has 0 fully saturated rings. The van der Waals surface area contributed by atoms with Crippen LogP contribution in [0.1, 0.15) is 42.2 Å². The number of amides is 1. The first kappa shape index (κ1) is 14.8. The zero-order chi connectivity index (χ0) is 14.7. The van der Waals surface area contributed by atoms with E-state index in [0.717, 1.165) is 12.1 Å². The number of aryl methyl sites for hydroxylation is 1. The Morgan fingerprint density at radius 2 is 2.05 bits per heavy atom. The minimum atomic E-state index is -0.214. The number of hydrogen-bond acceptors (Lipinski definition) is 2. The summed E-state index contributed by atoms with van der Waals surface area (Å²) in [5, 5.41) is 6.97. The Bertz CT molecular complexity index is 604. The lowest BCUT2D eigenvalue weighted by molar-refractivity contribution is 0.102. The molecule has 0 aliphatic rings. The van der Waals surface area contributed by atoms with Crippen LogP contribution in [0.15, 0.2) is 34.9 Å². The summed E-state index contributed by atoms with van der Waals surface area (Å²) in [5.41, 5.74) is 2.45. The van der Waals surface area contributed by atoms with E-state index in [2.05, 4.69) is 52.3 Å². The lowest BCUT2D eigenvalue weighted by Gasteiger charge is -2.10. The maximum absolute atomic E-state index is 12.1. The minimum absolute atomic E-state index is 0.214. The molecule has 0 aliphatic carbocycles. The summed E-state index contributed by atoms with van der Waals surface area (Å²) in [5.74, 6) is 0.318. The van der Waals surface area contributed by atoms with Crippen molar-refractivity contribution in [2.45, 2.75) is 26.2 Å². The number of nitrogens with one attached hydrogen (secondary N) is 1. The maximum Gasteiger partial charge on any atom is 0.277 e. The van der Waals surface area contributed by atoms with E-state index in [1.165, 1.54) is 5.56 Å². The van der Waals surface area contributed by atoms with E-state index in [1.54, 1.807) is 17.9 Å². The van der Waals surface area contributed by atoms with Crippen molar-refractivity contribution >= 4 is 27.5 Å². The molecule has 0 spiro atoms. The van der Waals surface area contributed by atoms with Gasteiger partial charge in [0.15, 0.2) is 5.69 Å². The van der Waals surface area contributed by atoms with Crippen LogP contribution in [0.4, 0.5) is 5.69 Å². The van der Waals surface area contributed by atoms with Gasteiger partial charge in [-0.3, -0.25) is 9.48 Å². The van der Waals surface area contributed by atoms with Crippen molar-refractivity contribution in [2.75, 3.05) is 5.32 Å². The van der Waals surface area contributed by atoms with Gasteiger partial charge in [-0.15, -0.1) is 0 Å². The molecule has 0 saturated heterocycles. The molecule has 0 bridgehead atoms. The first-order chi connectivity index (χ1) is 9.51. The Labute approximate surface area is 127 Å². The topological polar surface area (TPSA) is 46.9 Å². The quantitative estimate of drug-likeness (QED) is 0.919. The zero-order valence-electron chi connectivity index (χ0n) is 11.9. The number of rotatable bonds is 4. The second-order valence-electron chi connectivity index (χ2n) is 4.88. The van der Waals surface area contributed by atoms with Crippen LogP contribution in [-0.4, -0.2) is 15.7 Å². The van der Waals surface area contributed by atoms with Crippen molar-refractivity contribution in [2.24, 2.45) is 7.05 Å². The van der Waals surface area contributed by atoms with Gasteiger partial charge >= 0.3 is 0 Å². The van der Waals surface area contributed by atoms with Crippen LogP contribution in [-0.2, 0) is 7.05 Å². The van der Waals surface area contributed by atoms with Gasteiger partial charge in [0.25, 0.3) is 5.91 Å². The Balaban J connectivity index is 2.10. The Hall–Kier alpha value is -1.62. The molecule has 1 N–H and O–H groups in total. The van der Waals surface area contributed by atoms with Gasteiger partial charge in [-0.25, -0.2) is 0 Å². The molecule has 1 aromatic heterocycles. The monoisotopic (exact) mass is 335 g/mol. The molecule has 0 aliphatic heterocycles. The molecule has 1 aromatic carbocycles. The van der Waals surface area contributed by atoms with Gasteiger partial charge in [0.05, 0.1) is 4.47 Å². The summed E-state index contributed by atoms with van der Waals surface area (Å²) in [4.78, 5) is 12.1. The number of nitrogens with zero attached hydrogens (tertiary/aromatic N) is 2. The summed E-state index contributed by atoms with van der Waals surface area (Å²) in [6.45, 7) is 4.36. The van der Waals surface area contributed by atoms with Crippen LogP contribution >= 0.6 is 15.9 Å². The Morgan fingerprint density at radius 3 is 2.55 bits per heavy atom. The normalized spacial score (nSPS) is 12.2. The SMILES string of the molecule is CC[C@H](C)c1ccc(NC(=O)c2nn(C)cc2Br)cc1. The molecule has 0 radical (unpaired) electrons. The van der Waals surface area contributed by atoms with Crippen LogP contribution < -0.4 is 5.32 Å². The third-order valence-corrected chi connectivity index (χ3v) is 3.93. The summed E-state index contributed by atoms with van der Waals surface area (Å²) < 4.78 is 2.29. The van der Waals surface area contributed by atoms with Gasteiger partial charge in [0, 0.05) is 18.9 Å². The fourth-order valence-corrected chi connectivity index (χ4v) is 2.49. The van der Waals surface area contributed by atoms with Gasteiger partial charge in [-0.1, -0.05) is 26.0 Å². The van der Waals surface area contributed by atoms with Gasteiger partial charge < -0.3 is 5.32 Å². The standard InChI is InChI=1S/C15H18BrN3O/c1-4-10(2)11-5-7-12(8-6-11)17-15(20)14-13(16)9-19(3)18-14/h5-10H,4H2,1-3H3,(H,17,20)/t10-/m0/s1. The molecule has 0 unspecified atom stereocenters. The van der Waals surface area contributed by atoms with E-state index >= 15 is 0 Å². The number of carbonyl (C=O) groups excluding carboxylic acids is 1. The van der Waals surface area contributed by atoms with Crippen LogP contribution in [0.2, 0.25) is 0 Å². The predicted molar refractivity (Wildman–Crippen MR) is 84.0 cm³/mol. The van der Waals surface area contributed by atoms with Crippen molar-refractivity contribution in [1.82, 2.24) is 9.78 Å². The third-order valence-electron chi connectivity index (χ3n) is 3.35. The largest absolute Gasteiger partial charge is 0.321 e. The van der Waals surface area contributed by atoms with Crippen LogP contribution in [0.3, 0.4) is 0 Å². The number of halogens is 1. The number of hydrogen-bond donors (Lipinski definition) is 1. The van der Waals surface area contributed by atoms with Crippen molar-refractivity contribution in [1.29, 1.82) is 0 Å². The lowest BCUT2D eigenvalue weighted by Crippen LogP contribution is -2.13. The van der Waals surface area contributed by atoms with E-state index in [0.29, 0.717) is 16.1 Å².